The lowest BCUT2D eigenvalue weighted by Crippen LogP contribution is -2.67. The highest BCUT2D eigenvalue weighted by Crippen LogP contribution is 2.42. The molecule has 1 aromatic heterocycles. The van der Waals surface area contributed by atoms with Gasteiger partial charge in [-0.1, -0.05) is 13.8 Å². The van der Waals surface area contributed by atoms with Crippen molar-refractivity contribution in [3.8, 4) is 5.75 Å². The van der Waals surface area contributed by atoms with Crippen molar-refractivity contribution < 1.29 is 14.3 Å². The van der Waals surface area contributed by atoms with Gasteiger partial charge in [-0.2, -0.15) is 0 Å². The number of carbonyl (C=O) groups is 2. The van der Waals surface area contributed by atoms with Crippen LogP contribution in [-0.2, 0) is 21.5 Å². The Morgan fingerprint density at radius 1 is 1.31 bits per heavy atom. The van der Waals surface area contributed by atoms with E-state index in [-0.39, 0.29) is 18.4 Å². The van der Waals surface area contributed by atoms with Crippen molar-refractivity contribution in [3.63, 3.8) is 0 Å². The number of nitrogens with zero attached hydrogens (tertiary/aromatic N) is 2. The number of hydrogen-bond acceptors (Lipinski definition) is 3. The van der Waals surface area contributed by atoms with Gasteiger partial charge in [-0.15, -0.1) is 0 Å². The second kappa shape index (κ2) is 5.76. The number of benzene rings is 1. The molecule has 0 spiro atoms. The van der Waals surface area contributed by atoms with Gasteiger partial charge in [0.1, 0.15) is 5.75 Å². The molecule has 0 aliphatic carbocycles. The molecule has 2 aliphatic heterocycles. The summed E-state index contributed by atoms with van der Waals surface area (Å²) in [6.45, 7) is 7.34. The number of rotatable bonds is 3. The van der Waals surface area contributed by atoms with Crippen LogP contribution in [0.15, 0.2) is 18.2 Å². The molecule has 1 N–H and O–H groups in total. The molecule has 0 bridgehead atoms. The molecule has 2 amide bonds. The van der Waals surface area contributed by atoms with E-state index in [2.05, 4.69) is 18.8 Å². The summed E-state index contributed by atoms with van der Waals surface area (Å²) >= 11 is 0. The highest BCUT2D eigenvalue weighted by molar-refractivity contribution is 6.00. The van der Waals surface area contributed by atoms with E-state index in [1.165, 1.54) is 0 Å². The number of H-pyrrole nitrogens is 1. The molecular formula is C20H25N3O3. The van der Waals surface area contributed by atoms with Crippen LogP contribution in [0, 0.1) is 5.92 Å². The Bertz CT molecular complexity index is 901. The largest absolute Gasteiger partial charge is 0.497 e. The zero-order chi connectivity index (χ0) is 18.6. The summed E-state index contributed by atoms with van der Waals surface area (Å²) in [4.78, 5) is 33.1. The van der Waals surface area contributed by atoms with Gasteiger partial charge in [0.25, 0.3) is 5.91 Å². The molecule has 4 rings (SSSR count). The van der Waals surface area contributed by atoms with Crippen LogP contribution in [0.4, 0.5) is 0 Å². The third kappa shape index (κ3) is 2.24. The minimum absolute atomic E-state index is 0.00488. The lowest BCUT2D eigenvalue weighted by Gasteiger charge is -2.49. The van der Waals surface area contributed by atoms with Gasteiger partial charge in [0.05, 0.1) is 19.3 Å². The first-order chi connectivity index (χ1) is 12.4. The average Bonchev–Trinajstić information content (AvgIpc) is 2.98. The van der Waals surface area contributed by atoms with E-state index in [1.54, 1.807) is 16.9 Å². The zero-order valence-electron chi connectivity index (χ0n) is 15.8. The number of amides is 2. The molecule has 6 heteroatoms. The van der Waals surface area contributed by atoms with E-state index in [0.717, 1.165) is 34.3 Å². The van der Waals surface area contributed by atoms with Crippen molar-refractivity contribution in [1.29, 1.82) is 0 Å². The van der Waals surface area contributed by atoms with Crippen molar-refractivity contribution in [2.24, 2.45) is 5.92 Å². The molecule has 26 heavy (non-hydrogen) atoms. The van der Waals surface area contributed by atoms with Gasteiger partial charge in [-0.05, 0) is 43.0 Å². The molecule has 1 atom stereocenters. The second-order valence-corrected chi connectivity index (χ2v) is 7.84. The fourth-order valence-corrected chi connectivity index (χ4v) is 4.42. The molecule has 6 nitrogen and oxygen atoms in total. The molecular weight excluding hydrogens is 330 g/mol. The van der Waals surface area contributed by atoms with Crippen LogP contribution in [0.25, 0.3) is 10.9 Å². The Morgan fingerprint density at radius 3 is 2.77 bits per heavy atom. The zero-order valence-corrected chi connectivity index (χ0v) is 15.8. The summed E-state index contributed by atoms with van der Waals surface area (Å²) in [6, 6.07) is 5.88. The summed E-state index contributed by atoms with van der Waals surface area (Å²) in [5, 5.41) is 1.07. The molecule has 3 heterocycles. The van der Waals surface area contributed by atoms with E-state index in [0.29, 0.717) is 19.0 Å². The number of hydrogen-bond donors (Lipinski definition) is 1. The minimum atomic E-state index is -0.968. The molecule has 138 valence electrons. The molecule has 0 saturated carbocycles. The average molecular weight is 355 g/mol. The quantitative estimate of drug-likeness (QED) is 0.919. The Balaban J connectivity index is 1.87. The van der Waals surface area contributed by atoms with Gasteiger partial charge in [0.15, 0.2) is 5.54 Å². The van der Waals surface area contributed by atoms with Crippen LogP contribution in [0.1, 0.15) is 32.0 Å². The first kappa shape index (κ1) is 16.9. The van der Waals surface area contributed by atoms with Crippen LogP contribution in [0.5, 0.6) is 5.75 Å². The van der Waals surface area contributed by atoms with E-state index in [1.807, 2.05) is 25.1 Å². The second-order valence-electron chi connectivity index (χ2n) is 7.84. The van der Waals surface area contributed by atoms with Crippen molar-refractivity contribution >= 4 is 22.7 Å². The predicted molar refractivity (Wildman–Crippen MR) is 99.0 cm³/mol. The van der Waals surface area contributed by atoms with E-state index in [4.69, 9.17) is 4.74 Å². The molecule has 2 aromatic rings. The number of nitrogens with one attached hydrogen (secondary N) is 1. The summed E-state index contributed by atoms with van der Waals surface area (Å²) in [5.74, 6) is 1.14. The molecule has 2 aliphatic rings. The minimum Gasteiger partial charge on any atom is -0.497 e. The molecule has 1 aromatic carbocycles. The summed E-state index contributed by atoms with van der Waals surface area (Å²) in [6.07, 6.45) is 0.737. The topological polar surface area (TPSA) is 65.6 Å². The number of fused-ring (bicyclic) bond motifs is 5. The van der Waals surface area contributed by atoms with Crippen molar-refractivity contribution in [2.45, 2.75) is 32.7 Å². The Hall–Kier alpha value is -2.50. The van der Waals surface area contributed by atoms with E-state index >= 15 is 0 Å². The van der Waals surface area contributed by atoms with Crippen LogP contribution in [-0.4, -0.2) is 53.3 Å². The van der Waals surface area contributed by atoms with Gasteiger partial charge in [0, 0.05) is 24.0 Å². The van der Waals surface area contributed by atoms with Gasteiger partial charge >= 0.3 is 0 Å². The lowest BCUT2D eigenvalue weighted by atomic mass is 9.83. The van der Waals surface area contributed by atoms with Gasteiger partial charge < -0.3 is 19.5 Å². The van der Waals surface area contributed by atoms with Crippen molar-refractivity contribution in [2.75, 3.05) is 26.7 Å². The Morgan fingerprint density at radius 2 is 2.08 bits per heavy atom. The van der Waals surface area contributed by atoms with Gasteiger partial charge in [0.2, 0.25) is 5.91 Å². The third-order valence-corrected chi connectivity index (χ3v) is 5.64. The first-order valence-electron chi connectivity index (χ1n) is 9.15. The summed E-state index contributed by atoms with van der Waals surface area (Å²) in [7, 11) is 1.65. The standard InChI is InChI=1S/C20H25N3O3/c1-12(2)10-22-11-17(24)23-8-7-14-15-9-13(26-4)5-6-16(15)21-18(14)20(23,3)19(22)25/h5-6,9,12,21H,7-8,10-11H2,1-4H3/t20-/m1/s1. The number of aromatic nitrogens is 1. The van der Waals surface area contributed by atoms with Crippen LogP contribution < -0.4 is 4.74 Å². The monoisotopic (exact) mass is 355 g/mol. The maximum atomic E-state index is 13.4. The number of piperazine rings is 1. The van der Waals surface area contributed by atoms with Crippen LogP contribution in [0.3, 0.4) is 0 Å². The van der Waals surface area contributed by atoms with E-state index in [9.17, 15) is 9.59 Å². The smallest absolute Gasteiger partial charge is 0.254 e. The fourth-order valence-electron chi connectivity index (χ4n) is 4.42. The van der Waals surface area contributed by atoms with Gasteiger partial charge in [-0.3, -0.25) is 9.59 Å². The number of methoxy groups -OCH3 is 1. The number of aromatic amines is 1. The maximum Gasteiger partial charge on any atom is 0.254 e. The molecule has 0 unspecified atom stereocenters. The summed E-state index contributed by atoms with van der Waals surface area (Å²) in [5.41, 5.74) is 1.97. The Labute approximate surface area is 153 Å². The highest BCUT2D eigenvalue weighted by Gasteiger charge is 2.54. The fraction of sp³-hybridized carbons (Fsp3) is 0.500. The number of carbonyl (C=O) groups excluding carboxylic acids is 2. The van der Waals surface area contributed by atoms with Gasteiger partial charge in [-0.25, -0.2) is 0 Å². The molecule has 1 saturated heterocycles. The molecule has 1 fully saturated rings. The first-order valence-corrected chi connectivity index (χ1v) is 9.15. The van der Waals surface area contributed by atoms with E-state index < -0.39 is 5.54 Å². The van der Waals surface area contributed by atoms with Crippen LogP contribution in [0.2, 0.25) is 0 Å². The van der Waals surface area contributed by atoms with Crippen LogP contribution >= 0.6 is 0 Å². The lowest BCUT2D eigenvalue weighted by molar-refractivity contribution is -0.166. The summed E-state index contributed by atoms with van der Waals surface area (Å²) < 4.78 is 5.36. The molecule has 0 radical (unpaired) electrons. The SMILES string of the molecule is COc1ccc2[nH]c3c(c2c1)CCN1C(=O)CN(CC(C)C)C(=O)[C@@]31C. The number of ether oxygens (including phenoxy) is 1. The normalized spacial score (nSPS) is 22.8. The predicted octanol–water partition coefficient (Wildman–Crippen LogP) is 2.27. The highest BCUT2D eigenvalue weighted by atomic mass is 16.5. The Kier molecular flexibility index (Phi) is 3.75. The third-order valence-electron chi connectivity index (χ3n) is 5.64. The van der Waals surface area contributed by atoms with Crippen molar-refractivity contribution in [1.82, 2.24) is 14.8 Å². The van der Waals surface area contributed by atoms with Crippen molar-refractivity contribution in [3.05, 3.63) is 29.5 Å². The maximum absolute atomic E-state index is 13.4.